The minimum Gasteiger partial charge on any atom is -0.296 e. The third-order valence-corrected chi connectivity index (χ3v) is 4.53. The lowest BCUT2D eigenvalue weighted by Crippen LogP contribution is -2.31. The topological polar surface area (TPSA) is 58.6 Å². The number of nitrogens with zero attached hydrogens (tertiary/aromatic N) is 1. The van der Waals surface area contributed by atoms with Gasteiger partial charge in [0.25, 0.3) is 0 Å². The molecule has 0 radical (unpaired) electrons. The van der Waals surface area contributed by atoms with E-state index < -0.39 is 10.0 Å². The number of hydrogen-bond donors (Lipinski definition) is 1. The molecule has 1 aromatic rings. The third-order valence-electron chi connectivity index (χ3n) is 2.70. The van der Waals surface area contributed by atoms with Gasteiger partial charge in [0, 0.05) is 14.1 Å². The van der Waals surface area contributed by atoms with Crippen LogP contribution in [-0.2, 0) is 14.9 Å². The number of hydroxylamine groups is 1. The second-order valence-corrected chi connectivity index (χ2v) is 8.06. The normalized spacial score (nSPS) is 14.6. The summed E-state index contributed by atoms with van der Waals surface area (Å²) in [6.07, 6.45) is 0. The summed E-state index contributed by atoms with van der Waals surface area (Å²) in [6, 6.07) is 6.78. The zero-order valence-electron chi connectivity index (χ0n) is 13.0. The lowest BCUT2D eigenvalue weighted by atomic mass is 10.1. The molecule has 0 aromatic heterocycles. The van der Waals surface area contributed by atoms with Crippen LogP contribution >= 0.6 is 0 Å². The maximum atomic E-state index is 12.0. The van der Waals surface area contributed by atoms with Crippen LogP contribution in [0, 0.1) is 0 Å². The molecule has 1 atom stereocenters. The van der Waals surface area contributed by atoms with Crippen LogP contribution in [0.25, 0.3) is 0 Å². The summed E-state index contributed by atoms with van der Waals surface area (Å²) in [5.74, 6) is 0. The predicted molar refractivity (Wildman–Crippen MR) is 79.7 cm³/mol. The molecule has 0 aliphatic rings. The van der Waals surface area contributed by atoms with Gasteiger partial charge in [0.15, 0.2) is 0 Å². The van der Waals surface area contributed by atoms with Crippen LogP contribution in [0.1, 0.15) is 39.3 Å². The Labute approximate surface area is 121 Å². The lowest BCUT2D eigenvalue weighted by molar-refractivity contribution is -0.0866. The molecule has 0 saturated carbocycles. The first-order valence-corrected chi connectivity index (χ1v) is 7.94. The molecule has 114 valence electrons. The van der Waals surface area contributed by atoms with Crippen LogP contribution < -0.4 is 5.48 Å². The van der Waals surface area contributed by atoms with E-state index in [9.17, 15) is 8.42 Å². The lowest BCUT2D eigenvalue weighted by Gasteiger charge is -2.23. The maximum absolute atomic E-state index is 12.0. The Hall–Kier alpha value is -0.950. The van der Waals surface area contributed by atoms with Crippen molar-refractivity contribution >= 4 is 10.0 Å². The Bertz CT molecular complexity index is 531. The molecular weight excluding hydrogens is 276 g/mol. The van der Waals surface area contributed by atoms with Crippen molar-refractivity contribution in [2.75, 3.05) is 14.1 Å². The first kappa shape index (κ1) is 17.1. The monoisotopic (exact) mass is 300 g/mol. The molecule has 0 saturated heterocycles. The van der Waals surface area contributed by atoms with Crippen molar-refractivity contribution in [3.8, 4) is 0 Å². The molecule has 0 spiro atoms. The Morgan fingerprint density at radius 1 is 1.15 bits per heavy atom. The van der Waals surface area contributed by atoms with Gasteiger partial charge in [0.05, 0.1) is 16.5 Å². The van der Waals surface area contributed by atoms with Crippen molar-refractivity contribution in [2.24, 2.45) is 0 Å². The van der Waals surface area contributed by atoms with Crippen molar-refractivity contribution in [1.29, 1.82) is 0 Å². The highest BCUT2D eigenvalue weighted by Crippen LogP contribution is 2.19. The van der Waals surface area contributed by atoms with Crippen molar-refractivity contribution < 1.29 is 13.3 Å². The average Bonchev–Trinajstić information content (AvgIpc) is 2.35. The molecule has 6 heteroatoms. The number of sulfonamides is 1. The van der Waals surface area contributed by atoms with E-state index in [1.807, 2.05) is 27.7 Å². The average molecular weight is 300 g/mol. The maximum Gasteiger partial charge on any atom is 0.242 e. The van der Waals surface area contributed by atoms with Crippen LogP contribution in [-0.4, -0.2) is 32.4 Å². The molecule has 5 nitrogen and oxygen atoms in total. The molecule has 0 aliphatic heterocycles. The predicted octanol–water partition coefficient (Wildman–Crippen LogP) is 2.32. The Morgan fingerprint density at radius 3 is 2.05 bits per heavy atom. The molecule has 20 heavy (non-hydrogen) atoms. The van der Waals surface area contributed by atoms with E-state index in [2.05, 4.69) is 5.48 Å². The smallest absolute Gasteiger partial charge is 0.242 e. The fraction of sp³-hybridized carbons (Fsp3) is 0.571. The van der Waals surface area contributed by atoms with Gasteiger partial charge in [0.1, 0.15) is 0 Å². The summed E-state index contributed by atoms with van der Waals surface area (Å²) in [5, 5.41) is 0. The first-order chi connectivity index (χ1) is 9.04. The van der Waals surface area contributed by atoms with Crippen molar-refractivity contribution in [1.82, 2.24) is 9.79 Å². The Balaban J connectivity index is 2.82. The first-order valence-electron chi connectivity index (χ1n) is 6.50. The zero-order chi connectivity index (χ0) is 15.6. The Kier molecular flexibility index (Phi) is 5.32. The summed E-state index contributed by atoms with van der Waals surface area (Å²) in [5.41, 5.74) is 3.65. The van der Waals surface area contributed by atoms with Crippen molar-refractivity contribution in [3.63, 3.8) is 0 Å². The molecule has 0 bridgehead atoms. The van der Waals surface area contributed by atoms with Gasteiger partial charge < -0.3 is 0 Å². The number of hydrogen-bond acceptors (Lipinski definition) is 4. The molecule has 0 amide bonds. The van der Waals surface area contributed by atoms with Gasteiger partial charge in [-0.15, -0.1) is 0 Å². The fourth-order valence-corrected chi connectivity index (χ4v) is 2.37. The van der Waals surface area contributed by atoms with Gasteiger partial charge in [-0.2, -0.15) is 5.48 Å². The highest BCUT2D eigenvalue weighted by Gasteiger charge is 2.18. The van der Waals surface area contributed by atoms with E-state index >= 15 is 0 Å². The van der Waals surface area contributed by atoms with E-state index in [0.717, 1.165) is 5.56 Å². The summed E-state index contributed by atoms with van der Waals surface area (Å²) in [7, 11) is -0.336. The molecule has 0 heterocycles. The second kappa shape index (κ2) is 6.22. The molecule has 1 aromatic carbocycles. The van der Waals surface area contributed by atoms with Crippen LogP contribution in [0.2, 0.25) is 0 Å². The van der Waals surface area contributed by atoms with Gasteiger partial charge >= 0.3 is 0 Å². The molecular formula is C14H24N2O3S. The third kappa shape index (κ3) is 4.56. The Morgan fingerprint density at radius 2 is 1.65 bits per heavy atom. The zero-order valence-corrected chi connectivity index (χ0v) is 13.8. The van der Waals surface area contributed by atoms with Crippen LogP contribution in [0.4, 0.5) is 0 Å². The molecule has 1 N–H and O–H groups in total. The number of nitrogens with one attached hydrogen (secondary N) is 1. The second-order valence-electron chi connectivity index (χ2n) is 5.91. The van der Waals surface area contributed by atoms with Crippen molar-refractivity contribution in [3.05, 3.63) is 29.8 Å². The highest BCUT2D eigenvalue weighted by molar-refractivity contribution is 7.89. The molecule has 0 fully saturated rings. The van der Waals surface area contributed by atoms with Gasteiger partial charge in [-0.1, -0.05) is 12.1 Å². The van der Waals surface area contributed by atoms with Gasteiger partial charge in [-0.3, -0.25) is 4.84 Å². The fourth-order valence-electron chi connectivity index (χ4n) is 1.47. The van der Waals surface area contributed by atoms with Gasteiger partial charge in [0.2, 0.25) is 10.0 Å². The summed E-state index contributed by atoms with van der Waals surface area (Å²) < 4.78 is 25.1. The minimum atomic E-state index is -3.37. The molecule has 1 unspecified atom stereocenters. The van der Waals surface area contributed by atoms with Crippen LogP contribution in [0.15, 0.2) is 29.2 Å². The summed E-state index contributed by atoms with van der Waals surface area (Å²) >= 11 is 0. The highest BCUT2D eigenvalue weighted by atomic mass is 32.2. The minimum absolute atomic E-state index is 0.0228. The molecule has 1 rings (SSSR count). The number of rotatable bonds is 5. The van der Waals surface area contributed by atoms with E-state index in [1.54, 1.807) is 24.3 Å². The molecule has 0 aliphatic carbocycles. The standard InChI is InChI=1S/C14H24N2O3S/c1-11(15-19-14(2,3)4)12-7-9-13(10-8-12)20(17,18)16(5)6/h7-11,15H,1-6H3. The summed E-state index contributed by atoms with van der Waals surface area (Å²) in [6.45, 7) is 7.83. The van der Waals surface area contributed by atoms with Crippen LogP contribution in [0.3, 0.4) is 0 Å². The van der Waals surface area contributed by atoms with Gasteiger partial charge in [-0.05, 0) is 45.4 Å². The van der Waals surface area contributed by atoms with E-state index in [0.29, 0.717) is 0 Å². The van der Waals surface area contributed by atoms with E-state index in [1.165, 1.54) is 18.4 Å². The summed E-state index contributed by atoms with van der Waals surface area (Å²) in [4.78, 5) is 5.79. The number of benzene rings is 1. The van der Waals surface area contributed by atoms with Crippen LogP contribution in [0.5, 0.6) is 0 Å². The van der Waals surface area contributed by atoms with Gasteiger partial charge in [-0.25, -0.2) is 12.7 Å². The largest absolute Gasteiger partial charge is 0.296 e. The van der Waals surface area contributed by atoms with E-state index in [-0.39, 0.29) is 16.5 Å². The quantitative estimate of drug-likeness (QED) is 0.848. The van der Waals surface area contributed by atoms with E-state index in [4.69, 9.17) is 4.84 Å². The SMILES string of the molecule is CC(NOC(C)(C)C)c1ccc(S(=O)(=O)N(C)C)cc1. The van der Waals surface area contributed by atoms with Crippen molar-refractivity contribution in [2.45, 2.75) is 44.2 Å².